The van der Waals surface area contributed by atoms with Crippen LogP contribution >= 0.6 is 15.9 Å². The van der Waals surface area contributed by atoms with Gasteiger partial charge in [0.1, 0.15) is 11.5 Å². The SMILES string of the molecule is COc1cccc(C(=O)Nc2cccc(C(=O)NN=Cc3ccccc3OC(=O)c3ccc(Br)cc3)c2)c1. The zero-order chi connectivity index (χ0) is 26.9. The van der Waals surface area contributed by atoms with E-state index in [1.165, 1.54) is 19.4 Å². The zero-order valence-electron chi connectivity index (χ0n) is 20.2. The first kappa shape index (κ1) is 26.3. The van der Waals surface area contributed by atoms with Crippen molar-refractivity contribution in [3.63, 3.8) is 0 Å². The summed E-state index contributed by atoms with van der Waals surface area (Å²) >= 11 is 3.33. The second kappa shape index (κ2) is 12.5. The fourth-order valence-electron chi connectivity index (χ4n) is 3.36. The molecule has 190 valence electrons. The maximum atomic E-state index is 12.7. The first-order valence-electron chi connectivity index (χ1n) is 11.4. The summed E-state index contributed by atoms with van der Waals surface area (Å²) in [6.45, 7) is 0. The number of carbonyl (C=O) groups excluding carboxylic acids is 3. The number of rotatable bonds is 8. The maximum absolute atomic E-state index is 12.7. The van der Waals surface area contributed by atoms with Crippen LogP contribution in [0.5, 0.6) is 11.5 Å². The van der Waals surface area contributed by atoms with E-state index in [4.69, 9.17) is 9.47 Å². The lowest BCUT2D eigenvalue weighted by Gasteiger charge is -2.08. The van der Waals surface area contributed by atoms with Gasteiger partial charge in [-0.05, 0) is 72.8 Å². The van der Waals surface area contributed by atoms with Gasteiger partial charge in [0, 0.05) is 26.9 Å². The van der Waals surface area contributed by atoms with Gasteiger partial charge in [0.25, 0.3) is 11.8 Å². The van der Waals surface area contributed by atoms with Crippen molar-refractivity contribution in [3.8, 4) is 11.5 Å². The molecule has 0 aliphatic carbocycles. The molecule has 0 saturated heterocycles. The highest BCUT2D eigenvalue weighted by Crippen LogP contribution is 2.19. The average Bonchev–Trinajstić information content (AvgIpc) is 2.94. The molecule has 0 spiro atoms. The van der Waals surface area contributed by atoms with Gasteiger partial charge in [-0.25, -0.2) is 10.2 Å². The summed E-state index contributed by atoms with van der Waals surface area (Å²) in [7, 11) is 1.52. The van der Waals surface area contributed by atoms with E-state index in [1.54, 1.807) is 91.0 Å². The minimum Gasteiger partial charge on any atom is -0.497 e. The Labute approximate surface area is 227 Å². The molecular formula is C29H22BrN3O5. The summed E-state index contributed by atoms with van der Waals surface area (Å²) in [5.74, 6) is -0.485. The van der Waals surface area contributed by atoms with Gasteiger partial charge in [0.05, 0.1) is 18.9 Å². The number of para-hydroxylation sites is 1. The van der Waals surface area contributed by atoms with E-state index in [0.29, 0.717) is 39.4 Å². The molecule has 0 atom stereocenters. The molecule has 4 rings (SSSR count). The molecule has 0 heterocycles. The second-order valence-corrected chi connectivity index (χ2v) is 8.82. The van der Waals surface area contributed by atoms with Crippen molar-refractivity contribution >= 4 is 45.6 Å². The molecular weight excluding hydrogens is 550 g/mol. The molecule has 0 aliphatic rings. The summed E-state index contributed by atoms with van der Waals surface area (Å²) in [4.78, 5) is 37.7. The van der Waals surface area contributed by atoms with Gasteiger partial charge < -0.3 is 14.8 Å². The maximum Gasteiger partial charge on any atom is 0.343 e. The third-order valence-corrected chi connectivity index (χ3v) is 5.81. The smallest absolute Gasteiger partial charge is 0.343 e. The van der Waals surface area contributed by atoms with Gasteiger partial charge in [-0.3, -0.25) is 9.59 Å². The number of anilines is 1. The number of nitrogens with one attached hydrogen (secondary N) is 2. The Morgan fingerprint density at radius 3 is 2.26 bits per heavy atom. The van der Waals surface area contributed by atoms with Crippen molar-refractivity contribution in [2.24, 2.45) is 5.10 Å². The third kappa shape index (κ3) is 6.92. The summed E-state index contributed by atoms with van der Waals surface area (Å²) in [6.07, 6.45) is 1.39. The minimum absolute atomic E-state index is 0.292. The predicted molar refractivity (Wildman–Crippen MR) is 148 cm³/mol. The second-order valence-electron chi connectivity index (χ2n) is 7.90. The first-order chi connectivity index (χ1) is 18.4. The first-order valence-corrected chi connectivity index (χ1v) is 12.2. The summed E-state index contributed by atoms with van der Waals surface area (Å²) < 4.78 is 11.5. The number of benzene rings is 4. The number of hydrazone groups is 1. The number of hydrogen-bond donors (Lipinski definition) is 2. The zero-order valence-corrected chi connectivity index (χ0v) is 21.8. The van der Waals surface area contributed by atoms with Crippen molar-refractivity contribution in [1.82, 2.24) is 5.43 Å². The molecule has 0 fully saturated rings. The van der Waals surface area contributed by atoms with Gasteiger partial charge in [-0.1, -0.05) is 40.2 Å². The van der Waals surface area contributed by atoms with Gasteiger partial charge in [0.15, 0.2) is 0 Å². The molecule has 2 amide bonds. The van der Waals surface area contributed by atoms with Crippen molar-refractivity contribution in [2.45, 2.75) is 0 Å². The van der Waals surface area contributed by atoms with E-state index in [-0.39, 0.29) is 5.91 Å². The van der Waals surface area contributed by atoms with E-state index in [9.17, 15) is 14.4 Å². The lowest BCUT2D eigenvalue weighted by atomic mass is 10.1. The minimum atomic E-state index is -0.518. The monoisotopic (exact) mass is 571 g/mol. The van der Waals surface area contributed by atoms with Crippen molar-refractivity contribution in [2.75, 3.05) is 12.4 Å². The molecule has 38 heavy (non-hydrogen) atoms. The van der Waals surface area contributed by atoms with Crippen LogP contribution in [0.3, 0.4) is 0 Å². The Bertz CT molecular complexity index is 1500. The van der Waals surface area contributed by atoms with Crippen LogP contribution in [-0.4, -0.2) is 31.1 Å². The fourth-order valence-corrected chi connectivity index (χ4v) is 3.62. The van der Waals surface area contributed by atoms with Crippen LogP contribution in [0.15, 0.2) is 107 Å². The molecule has 0 unspecified atom stereocenters. The Hall–Kier alpha value is -4.76. The summed E-state index contributed by atoms with van der Waals surface area (Å²) in [6, 6.07) is 26.8. The van der Waals surface area contributed by atoms with E-state index in [1.807, 2.05) is 0 Å². The molecule has 4 aromatic rings. The Morgan fingerprint density at radius 1 is 0.789 bits per heavy atom. The molecule has 0 aromatic heterocycles. The van der Waals surface area contributed by atoms with Gasteiger partial charge >= 0.3 is 5.97 Å². The normalized spacial score (nSPS) is 10.6. The third-order valence-electron chi connectivity index (χ3n) is 5.29. The van der Waals surface area contributed by atoms with Crippen molar-refractivity contribution in [3.05, 3.63) is 124 Å². The Balaban J connectivity index is 1.39. The van der Waals surface area contributed by atoms with Crippen molar-refractivity contribution in [1.29, 1.82) is 0 Å². The number of amides is 2. The fraction of sp³-hybridized carbons (Fsp3) is 0.0345. The van der Waals surface area contributed by atoms with Crippen LogP contribution in [0.2, 0.25) is 0 Å². The van der Waals surface area contributed by atoms with Crippen LogP contribution in [0.25, 0.3) is 0 Å². The highest BCUT2D eigenvalue weighted by atomic mass is 79.9. The highest BCUT2D eigenvalue weighted by Gasteiger charge is 2.12. The van der Waals surface area contributed by atoms with Gasteiger partial charge in [-0.2, -0.15) is 5.10 Å². The Morgan fingerprint density at radius 2 is 1.50 bits per heavy atom. The summed E-state index contributed by atoms with van der Waals surface area (Å²) in [5.41, 5.74) is 4.50. The number of carbonyl (C=O) groups is 3. The number of halogens is 1. The van der Waals surface area contributed by atoms with Gasteiger partial charge in [0.2, 0.25) is 0 Å². The topological polar surface area (TPSA) is 106 Å². The van der Waals surface area contributed by atoms with Crippen LogP contribution < -0.4 is 20.2 Å². The largest absolute Gasteiger partial charge is 0.497 e. The quantitative estimate of drug-likeness (QED) is 0.122. The highest BCUT2D eigenvalue weighted by molar-refractivity contribution is 9.10. The van der Waals surface area contributed by atoms with Crippen LogP contribution in [-0.2, 0) is 0 Å². The lowest BCUT2D eigenvalue weighted by molar-refractivity contribution is 0.0734. The van der Waals surface area contributed by atoms with E-state index >= 15 is 0 Å². The molecule has 0 saturated carbocycles. The predicted octanol–water partition coefficient (Wildman–Crippen LogP) is 5.69. The molecule has 2 N–H and O–H groups in total. The van der Waals surface area contributed by atoms with Crippen molar-refractivity contribution < 1.29 is 23.9 Å². The number of methoxy groups -OCH3 is 1. The number of esters is 1. The lowest BCUT2D eigenvalue weighted by Crippen LogP contribution is -2.18. The molecule has 0 aliphatic heterocycles. The molecule has 8 nitrogen and oxygen atoms in total. The van der Waals surface area contributed by atoms with E-state index in [2.05, 4.69) is 31.8 Å². The van der Waals surface area contributed by atoms with Gasteiger partial charge in [-0.15, -0.1) is 0 Å². The van der Waals surface area contributed by atoms with Crippen LogP contribution in [0.4, 0.5) is 5.69 Å². The average molecular weight is 572 g/mol. The Kier molecular flexibility index (Phi) is 8.63. The molecule has 9 heteroatoms. The molecule has 4 aromatic carbocycles. The summed E-state index contributed by atoms with van der Waals surface area (Å²) in [5, 5.41) is 6.77. The van der Waals surface area contributed by atoms with E-state index in [0.717, 1.165) is 4.47 Å². The number of nitrogens with zero attached hydrogens (tertiary/aromatic N) is 1. The molecule has 0 bridgehead atoms. The van der Waals surface area contributed by atoms with Crippen LogP contribution in [0, 0.1) is 0 Å². The van der Waals surface area contributed by atoms with E-state index < -0.39 is 11.9 Å². The molecule has 0 radical (unpaired) electrons. The standard InChI is InChI=1S/C29H22BrN3O5/c1-37-25-10-5-8-21(17-25)27(34)32-24-9-4-7-20(16-24)28(35)33-31-18-22-6-2-3-11-26(22)38-29(36)19-12-14-23(30)15-13-19/h2-18H,1H3,(H,32,34)(H,33,35). The number of hydrogen-bond acceptors (Lipinski definition) is 6. The number of ether oxygens (including phenoxy) is 2. The van der Waals surface area contributed by atoms with Crippen LogP contribution in [0.1, 0.15) is 36.6 Å².